The summed E-state index contributed by atoms with van der Waals surface area (Å²) in [6.07, 6.45) is 0.402. The minimum absolute atomic E-state index is 0.0518. The van der Waals surface area contributed by atoms with Gasteiger partial charge in [-0.1, -0.05) is 23.7 Å². The van der Waals surface area contributed by atoms with Crippen molar-refractivity contribution in [3.8, 4) is 16.3 Å². The van der Waals surface area contributed by atoms with Gasteiger partial charge >= 0.3 is 0 Å². The molecule has 1 aliphatic heterocycles. The summed E-state index contributed by atoms with van der Waals surface area (Å²) in [4.78, 5) is 20.3. The minimum atomic E-state index is -3.18. The van der Waals surface area contributed by atoms with Crippen LogP contribution in [0.5, 0.6) is 5.75 Å². The van der Waals surface area contributed by atoms with E-state index in [9.17, 15) is 13.2 Å². The fourth-order valence-electron chi connectivity index (χ4n) is 3.66. The number of nitrogens with zero attached hydrogens (tertiary/aromatic N) is 2. The summed E-state index contributed by atoms with van der Waals surface area (Å²) in [5.74, 6) is 0.430. The third kappa shape index (κ3) is 4.61. The van der Waals surface area contributed by atoms with Gasteiger partial charge in [0.2, 0.25) is 0 Å². The summed E-state index contributed by atoms with van der Waals surface area (Å²) in [5, 5.41) is 1.28. The van der Waals surface area contributed by atoms with Crippen LogP contribution in [0.1, 0.15) is 21.8 Å². The second kappa shape index (κ2) is 8.61. The zero-order valence-corrected chi connectivity index (χ0v) is 19.4. The van der Waals surface area contributed by atoms with Gasteiger partial charge in [-0.05, 0) is 49.7 Å². The van der Waals surface area contributed by atoms with Crippen LogP contribution >= 0.6 is 22.9 Å². The lowest BCUT2D eigenvalue weighted by atomic mass is 10.1. The van der Waals surface area contributed by atoms with Gasteiger partial charge in [0, 0.05) is 16.3 Å². The Labute approximate surface area is 190 Å². The van der Waals surface area contributed by atoms with E-state index in [0.717, 1.165) is 5.56 Å². The van der Waals surface area contributed by atoms with Gasteiger partial charge in [0.25, 0.3) is 5.91 Å². The van der Waals surface area contributed by atoms with Crippen LogP contribution in [0.4, 0.5) is 5.69 Å². The topological polar surface area (TPSA) is 76.6 Å². The van der Waals surface area contributed by atoms with Gasteiger partial charge in [-0.15, -0.1) is 11.3 Å². The zero-order chi connectivity index (χ0) is 22.2. The maximum Gasteiger partial charge on any atom is 0.270 e. The van der Waals surface area contributed by atoms with Crippen molar-refractivity contribution in [1.82, 2.24) is 4.98 Å². The molecule has 0 N–H and O–H groups in total. The molecule has 0 unspecified atom stereocenters. The fraction of sp³-hybridized carbons (Fsp3) is 0.273. The largest absolute Gasteiger partial charge is 0.497 e. The normalized spacial score (nSPS) is 17.5. The second-order valence-corrected chi connectivity index (χ2v) is 11.0. The number of anilines is 1. The predicted octanol–water partition coefficient (Wildman–Crippen LogP) is 4.61. The molecule has 1 amide bonds. The number of hydrogen-bond acceptors (Lipinski definition) is 6. The number of carbonyl (C=O) groups is 1. The number of thiazole rings is 1. The number of aryl methyl sites for hydroxylation is 1. The van der Waals surface area contributed by atoms with Crippen LogP contribution in [0, 0.1) is 6.92 Å². The van der Waals surface area contributed by atoms with Crippen LogP contribution in [0.25, 0.3) is 10.6 Å². The average Bonchev–Trinajstić information content (AvgIpc) is 3.30. The highest BCUT2D eigenvalue weighted by atomic mass is 35.5. The van der Waals surface area contributed by atoms with Gasteiger partial charge in [0.15, 0.2) is 9.84 Å². The van der Waals surface area contributed by atoms with Crippen molar-refractivity contribution in [1.29, 1.82) is 0 Å². The molecule has 0 radical (unpaired) electrons. The van der Waals surface area contributed by atoms with Crippen LogP contribution in [0.2, 0.25) is 5.02 Å². The second-order valence-electron chi connectivity index (χ2n) is 7.37. The Hall–Kier alpha value is -2.42. The van der Waals surface area contributed by atoms with E-state index < -0.39 is 15.9 Å². The molecule has 0 spiro atoms. The van der Waals surface area contributed by atoms with E-state index in [2.05, 4.69) is 4.98 Å². The standard InChI is InChI=1S/C22H21ClN2O4S2/c1-14-20(30-21(24-14)15-4-3-5-16(23)12-15)22(26)25(18-10-11-31(27,28)13-18)17-6-8-19(29-2)9-7-17/h3-9,12,18H,10-11,13H2,1-2H3/t18-/m0/s1. The summed E-state index contributed by atoms with van der Waals surface area (Å²) >= 11 is 7.39. The van der Waals surface area contributed by atoms with Crippen molar-refractivity contribution in [3.05, 3.63) is 64.1 Å². The molecular weight excluding hydrogens is 456 g/mol. The van der Waals surface area contributed by atoms with Crippen molar-refractivity contribution in [3.63, 3.8) is 0 Å². The molecule has 0 aliphatic carbocycles. The number of sulfone groups is 1. The first-order chi connectivity index (χ1) is 14.8. The highest BCUT2D eigenvalue weighted by molar-refractivity contribution is 7.91. The van der Waals surface area contributed by atoms with Gasteiger partial charge in [0.05, 0.1) is 30.4 Å². The summed E-state index contributed by atoms with van der Waals surface area (Å²) in [7, 11) is -1.61. The number of benzene rings is 2. The first-order valence-electron chi connectivity index (χ1n) is 9.69. The molecule has 162 valence electrons. The van der Waals surface area contributed by atoms with Crippen molar-refractivity contribution in [2.24, 2.45) is 0 Å². The maximum absolute atomic E-state index is 13.7. The van der Waals surface area contributed by atoms with Gasteiger partial charge in [-0.3, -0.25) is 4.79 Å². The number of methoxy groups -OCH3 is 1. The Morgan fingerprint density at radius 3 is 2.58 bits per heavy atom. The fourth-order valence-corrected chi connectivity index (χ4v) is 6.55. The quantitative estimate of drug-likeness (QED) is 0.537. The van der Waals surface area contributed by atoms with Crippen LogP contribution in [-0.4, -0.2) is 44.0 Å². The highest BCUT2D eigenvalue weighted by Crippen LogP contribution is 2.33. The average molecular weight is 477 g/mol. The lowest BCUT2D eigenvalue weighted by molar-refractivity contribution is 0.0982. The molecular formula is C22H21ClN2O4S2. The molecule has 1 fully saturated rings. The van der Waals surface area contributed by atoms with Crippen LogP contribution in [-0.2, 0) is 9.84 Å². The lowest BCUT2D eigenvalue weighted by Crippen LogP contribution is -2.41. The van der Waals surface area contributed by atoms with Crippen molar-refractivity contribution < 1.29 is 17.9 Å². The molecule has 2 heterocycles. The summed E-state index contributed by atoms with van der Waals surface area (Å²) in [6.45, 7) is 1.79. The lowest BCUT2D eigenvalue weighted by Gasteiger charge is -2.28. The number of rotatable bonds is 5. The monoisotopic (exact) mass is 476 g/mol. The summed E-state index contributed by atoms with van der Waals surface area (Å²) in [6, 6.07) is 14.0. The Balaban J connectivity index is 1.73. The summed E-state index contributed by atoms with van der Waals surface area (Å²) in [5.41, 5.74) is 2.06. The third-order valence-electron chi connectivity index (χ3n) is 5.21. The number of aromatic nitrogens is 1. The molecule has 4 rings (SSSR count). The molecule has 0 bridgehead atoms. The van der Waals surface area contributed by atoms with Gasteiger partial charge in [0.1, 0.15) is 15.6 Å². The van der Waals surface area contributed by atoms with Crippen LogP contribution in [0.3, 0.4) is 0 Å². The van der Waals surface area contributed by atoms with Crippen LogP contribution < -0.4 is 9.64 Å². The molecule has 6 nitrogen and oxygen atoms in total. The molecule has 0 saturated carbocycles. The Morgan fingerprint density at radius 2 is 1.97 bits per heavy atom. The van der Waals surface area contributed by atoms with E-state index in [1.165, 1.54) is 11.3 Å². The highest BCUT2D eigenvalue weighted by Gasteiger charge is 2.37. The van der Waals surface area contributed by atoms with Gasteiger partial charge in [-0.25, -0.2) is 13.4 Å². The van der Waals surface area contributed by atoms with E-state index in [1.54, 1.807) is 55.3 Å². The van der Waals surface area contributed by atoms with Gasteiger partial charge < -0.3 is 9.64 Å². The number of ether oxygens (including phenoxy) is 1. The minimum Gasteiger partial charge on any atom is -0.497 e. The molecule has 2 aromatic carbocycles. The first kappa shape index (κ1) is 21.8. The molecule has 31 heavy (non-hydrogen) atoms. The SMILES string of the molecule is COc1ccc(N(C(=O)c2sc(-c3cccc(Cl)c3)nc2C)[C@H]2CCS(=O)(=O)C2)cc1. The number of halogens is 1. The Kier molecular flexibility index (Phi) is 6.05. The predicted molar refractivity (Wildman–Crippen MR) is 124 cm³/mol. The molecule has 3 aromatic rings. The van der Waals surface area contributed by atoms with E-state index in [-0.39, 0.29) is 17.4 Å². The van der Waals surface area contributed by atoms with E-state index in [1.807, 2.05) is 12.1 Å². The third-order valence-corrected chi connectivity index (χ3v) is 8.39. The molecule has 1 saturated heterocycles. The number of carbonyl (C=O) groups excluding carboxylic acids is 1. The first-order valence-corrected chi connectivity index (χ1v) is 12.7. The molecule has 1 atom stereocenters. The number of amides is 1. The molecule has 1 aliphatic rings. The molecule has 9 heteroatoms. The number of hydrogen-bond donors (Lipinski definition) is 0. The summed E-state index contributed by atoms with van der Waals surface area (Å²) < 4.78 is 29.5. The van der Waals surface area contributed by atoms with Crippen molar-refractivity contribution in [2.75, 3.05) is 23.5 Å². The Bertz CT molecular complexity index is 1220. The van der Waals surface area contributed by atoms with E-state index in [4.69, 9.17) is 16.3 Å². The van der Waals surface area contributed by atoms with Crippen molar-refractivity contribution in [2.45, 2.75) is 19.4 Å². The van der Waals surface area contributed by atoms with Crippen LogP contribution in [0.15, 0.2) is 48.5 Å². The van der Waals surface area contributed by atoms with Crippen molar-refractivity contribution >= 4 is 44.4 Å². The van der Waals surface area contributed by atoms with E-state index in [0.29, 0.717) is 38.5 Å². The molecule has 1 aromatic heterocycles. The van der Waals surface area contributed by atoms with E-state index >= 15 is 0 Å². The smallest absolute Gasteiger partial charge is 0.270 e. The maximum atomic E-state index is 13.7. The van der Waals surface area contributed by atoms with Gasteiger partial charge in [-0.2, -0.15) is 0 Å². The Morgan fingerprint density at radius 1 is 1.23 bits per heavy atom. The zero-order valence-electron chi connectivity index (χ0n) is 17.0.